The van der Waals surface area contributed by atoms with E-state index in [9.17, 15) is 0 Å². The Kier molecular flexibility index (Phi) is 4.37. The summed E-state index contributed by atoms with van der Waals surface area (Å²) in [5.41, 5.74) is 2.47. The maximum absolute atomic E-state index is 4.52. The minimum Gasteiger partial charge on any atom is -0.332 e. The van der Waals surface area contributed by atoms with Gasteiger partial charge in [0.1, 0.15) is 5.65 Å². The molecule has 3 nitrogen and oxygen atoms in total. The van der Waals surface area contributed by atoms with E-state index in [2.05, 4.69) is 47.9 Å². The van der Waals surface area contributed by atoms with E-state index in [0.29, 0.717) is 6.04 Å². The van der Waals surface area contributed by atoms with Gasteiger partial charge in [0.25, 0.3) is 0 Å². The van der Waals surface area contributed by atoms with Gasteiger partial charge < -0.3 is 9.88 Å². The van der Waals surface area contributed by atoms with Gasteiger partial charge in [-0.3, -0.25) is 0 Å². The first-order chi connectivity index (χ1) is 8.72. The fraction of sp³-hybridized carbons (Fsp3) is 0.533. The van der Waals surface area contributed by atoms with Gasteiger partial charge >= 0.3 is 0 Å². The van der Waals surface area contributed by atoms with E-state index in [1.54, 1.807) is 0 Å². The predicted octanol–water partition coefficient (Wildman–Crippen LogP) is 3.33. The molecule has 0 saturated heterocycles. The molecule has 0 spiro atoms. The molecule has 0 aliphatic carbocycles. The molecule has 0 fully saturated rings. The lowest BCUT2D eigenvalue weighted by Crippen LogP contribution is -2.21. The second-order valence-electron chi connectivity index (χ2n) is 5.11. The van der Waals surface area contributed by atoms with Crippen LogP contribution in [0.25, 0.3) is 11.0 Å². The zero-order valence-electron chi connectivity index (χ0n) is 11.6. The number of fused-ring (bicyclic) bond motifs is 1. The smallest absolute Gasteiger partial charge is 0.140 e. The molecule has 18 heavy (non-hydrogen) atoms. The van der Waals surface area contributed by atoms with Crippen LogP contribution in [0.1, 0.15) is 39.2 Å². The maximum atomic E-state index is 4.52. The molecule has 0 unspecified atom stereocenters. The van der Waals surface area contributed by atoms with Crippen LogP contribution in [-0.2, 0) is 13.1 Å². The number of rotatable bonds is 6. The Morgan fingerprint density at radius 2 is 2.22 bits per heavy atom. The first-order valence-electron chi connectivity index (χ1n) is 6.88. The van der Waals surface area contributed by atoms with Crippen LogP contribution in [0.2, 0.25) is 0 Å². The number of pyridine rings is 1. The van der Waals surface area contributed by atoms with Gasteiger partial charge in [-0.1, -0.05) is 27.2 Å². The van der Waals surface area contributed by atoms with E-state index in [0.717, 1.165) is 18.7 Å². The molecule has 0 aliphatic rings. The number of hydrogen-bond donors (Lipinski definition) is 1. The fourth-order valence-corrected chi connectivity index (χ4v) is 2.15. The summed E-state index contributed by atoms with van der Waals surface area (Å²) in [7, 11) is 0. The summed E-state index contributed by atoms with van der Waals surface area (Å²) in [6.07, 6.45) is 6.55. The Morgan fingerprint density at radius 3 is 2.94 bits per heavy atom. The van der Waals surface area contributed by atoms with Crippen LogP contribution in [0.4, 0.5) is 0 Å². The van der Waals surface area contributed by atoms with Crippen LogP contribution in [0, 0.1) is 0 Å². The van der Waals surface area contributed by atoms with Crippen molar-refractivity contribution >= 4 is 11.0 Å². The standard InChI is InChI=1S/C15H23N3/c1-4-5-9-18-11-13(10-17-12(2)3)14-7-6-8-16-15(14)18/h6-8,11-12,17H,4-5,9-10H2,1-3H3. The van der Waals surface area contributed by atoms with Gasteiger partial charge in [-0.15, -0.1) is 0 Å². The molecule has 0 aliphatic heterocycles. The molecular formula is C15H23N3. The summed E-state index contributed by atoms with van der Waals surface area (Å²) in [5, 5.41) is 4.76. The lowest BCUT2D eigenvalue weighted by molar-refractivity contribution is 0.587. The average molecular weight is 245 g/mol. The number of nitrogens with zero attached hydrogens (tertiary/aromatic N) is 2. The van der Waals surface area contributed by atoms with Crippen molar-refractivity contribution in [1.82, 2.24) is 14.9 Å². The summed E-state index contributed by atoms with van der Waals surface area (Å²) in [6.45, 7) is 8.55. The summed E-state index contributed by atoms with van der Waals surface area (Å²) in [5.74, 6) is 0. The van der Waals surface area contributed by atoms with Crippen molar-refractivity contribution in [2.45, 2.75) is 52.7 Å². The summed E-state index contributed by atoms with van der Waals surface area (Å²) < 4.78 is 2.29. The molecule has 0 bridgehead atoms. The third-order valence-corrected chi connectivity index (χ3v) is 3.17. The van der Waals surface area contributed by atoms with Gasteiger partial charge in [-0.05, 0) is 24.1 Å². The molecule has 3 heteroatoms. The van der Waals surface area contributed by atoms with Crippen molar-refractivity contribution < 1.29 is 0 Å². The third kappa shape index (κ3) is 2.91. The normalized spacial score (nSPS) is 11.6. The highest BCUT2D eigenvalue weighted by atomic mass is 15.0. The van der Waals surface area contributed by atoms with Gasteiger partial charge in [-0.2, -0.15) is 0 Å². The second-order valence-corrected chi connectivity index (χ2v) is 5.11. The van der Waals surface area contributed by atoms with E-state index >= 15 is 0 Å². The van der Waals surface area contributed by atoms with Crippen LogP contribution in [-0.4, -0.2) is 15.6 Å². The molecule has 0 amide bonds. The lowest BCUT2D eigenvalue weighted by atomic mass is 10.2. The Hall–Kier alpha value is -1.35. The zero-order valence-corrected chi connectivity index (χ0v) is 11.6. The lowest BCUT2D eigenvalue weighted by Gasteiger charge is -2.06. The van der Waals surface area contributed by atoms with Crippen LogP contribution in [0.3, 0.4) is 0 Å². The molecule has 2 heterocycles. The van der Waals surface area contributed by atoms with Crippen molar-refractivity contribution in [2.24, 2.45) is 0 Å². The molecule has 2 aromatic rings. The second kappa shape index (κ2) is 6.01. The van der Waals surface area contributed by atoms with Gasteiger partial charge in [-0.25, -0.2) is 4.98 Å². The van der Waals surface area contributed by atoms with Crippen molar-refractivity contribution in [1.29, 1.82) is 0 Å². The molecule has 2 rings (SSSR count). The predicted molar refractivity (Wildman–Crippen MR) is 76.6 cm³/mol. The number of unbranched alkanes of at least 4 members (excludes halogenated alkanes) is 1. The zero-order chi connectivity index (χ0) is 13.0. The summed E-state index contributed by atoms with van der Waals surface area (Å²) >= 11 is 0. The Labute approximate surface area is 109 Å². The average Bonchev–Trinajstić information content (AvgIpc) is 2.72. The van der Waals surface area contributed by atoms with E-state index in [1.165, 1.54) is 23.8 Å². The molecule has 0 atom stereocenters. The topological polar surface area (TPSA) is 29.9 Å². The quantitative estimate of drug-likeness (QED) is 0.846. The Balaban J connectivity index is 2.28. The van der Waals surface area contributed by atoms with Crippen LogP contribution >= 0.6 is 0 Å². The Morgan fingerprint density at radius 1 is 1.39 bits per heavy atom. The number of nitrogens with one attached hydrogen (secondary N) is 1. The molecule has 1 N–H and O–H groups in total. The molecule has 0 aromatic carbocycles. The number of aromatic nitrogens is 2. The van der Waals surface area contributed by atoms with Crippen LogP contribution in [0.5, 0.6) is 0 Å². The molecule has 0 radical (unpaired) electrons. The summed E-state index contributed by atoms with van der Waals surface area (Å²) in [6, 6.07) is 4.70. The third-order valence-electron chi connectivity index (χ3n) is 3.17. The monoisotopic (exact) mass is 245 g/mol. The first kappa shape index (κ1) is 13.1. The van der Waals surface area contributed by atoms with Gasteiger partial charge in [0.2, 0.25) is 0 Å². The van der Waals surface area contributed by atoms with Gasteiger partial charge in [0.15, 0.2) is 0 Å². The van der Waals surface area contributed by atoms with Crippen molar-refractivity contribution in [3.05, 3.63) is 30.1 Å². The first-order valence-corrected chi connectivity index (χ1v) is 6.88. The van der Waals surface area contributed by atoms with Crippen molar-refractivity contribution in [2.75, 3.05) is 0 Å². The van der Waals surface area contributed by atoms with Gasteiger partial charge in [0, 0.05) is 36.9 Å². The largest absolute Gasteiger partial charge is 0.332 e. The minimum absolute atomic E-state index is 0.510. The molecule has 98 valence electrons. The van der Waals surface area contributed by atoms with E-state index in [1.807, 2.05) is 12.3 Å². The molecule has 0 saturated carbocycles. The number of hydrogen-bond acceptors (Lipinski definition) is 2. The van der Waals surface area contributed by atoms with Crippen LogP contribution in [0.15, 0.2) is 24.5 Å². The highest BCUT2D eigenvalue weighted by Crippen LogP contribution is 2.19. The molecule has 2 aromatic heterocycles. The van der Waals surface area contributed by atoms with Crippen molar-refractivity contribution in [3.63, 3.8) is 0 Å². The fourth-order valence-electron chi connectivity index (χ4n) is 2.15. The SMILES string of the molecule is CCCCn1cc(CNC(C)C)c2cccnc21. The minimum atomic E-state index is 0.510. The number of aryl methyl sites for hydroxylation is 1. The highest BCUT2D eigenvalue weighted by molar-refractivity contribution is 5.80. The van der Waals surface area contributed by atoms with Gasteiger partial charge in [0.05, 0.1) is 0 Å². The Bertz CT molecular complexity index is 499. The highest BCUT2D eigenvalue weighted by Gasteiger charge is 2.08. The van der Waals surface area contributed by atoms with E-state index in [-0.39, 0.29) is 0 Å². The van der Waals surface area contributed by atoms with E-state index in [4.69, 9.17) is 0 Å². The van der Waals surface area contributed by atoms with E-state index < -0.39 is 0 Å². The summed E-state index contributed by atoms with van der Waals surface area (Å²) in [4.78, 5) is 4.52. The molecular weight excluding hydrogens is 222 g/mol. The maximum Gasteiger partial charge on any atom is 0.140 e. The van der Waals surface area contributed by atoms with Crippen molar-refractivity contribution in [3.8, 4) is 0 Å². The van der Waals surface area contributed by atoms with Crippen LogP contribution < -0.4 is 5.32 Å².